The molecule has 0 amide bonds. The zero-order chi connectivity index (χ0) is 11.4. The van der Waals surface area contributed by atoms with Gasteiger partial charge in [-0.2, -0.15) is 0 Å². The smallest absolute Gasteiger partial charge is 0.134 e. The van der Waals surface area contributed by atoms with Gasteiger partial charge >= 0.3 is 0 Å². The van der Waals surface area contributed by atoms with E-state index in [1.165, 1.54) is 9.75 Å². The van der Waals surface area contributed by atoms with Gasteiger partial charge in [0.15, 0.2) is 0 Å². The van der Waals surface area contributed by atoms with Crippen LogP contribution in [0.3, 0.4) is 0 Å². The van der Waals surface area contributed by atoms with Crippen LogP contribution in [0.15, 0.2) is 17.0 Å². The fourth-order valence-corrected chi connectivity index (χ4v) is 2.98. The van der Waals surface area contributed by atoms with E-state index < -0.39 is 0 Å². The molecule has 0 radical (unpaired) electrons. The first kappa shape index (κ1) is 11.6. The predicted molar refractivity (Wildman–Crippen MR) is 68.3 cm³/mol. The summed E-state index contributed by atoms with van der Waals surface area (Å²) in [5.74, 6) is 0.971. The summed E-state index contributed by atoms with van der Waals surface area (Å²) in [7, 11) is 1.71. The Morgan fingerprint density at radius 3 is 2.81 bits per heavy atom. The summed E-state index contributed by atoms with van der Waals surface area (Å²) in [4.78, 5) is 6.76. The Labute approximate surface area is 103 Å². The fraction of sp³-hybridized carbons (Fsp3) is 0.364. The minimum Gasteiger partial charge on any atom is -0.496 e. The van der Waals surface area contributed by atoms with Crippen molar-refractivity contribution in [3.8, 4) is 5.75 Å². The molecule has 1 N–H and O–H groups in total. The van der Waals surface area contributed by atoms with Crippen molar-refractivity contribution in [2.24, 2.45) is 0 Å². The lowest BCUT2D eigenvalue weighted by Gasteiger charge is -2.04. The first-order chi connectivity index (χ1) is 7.81. The molecule has 0 aliphatic carbocycles. The van der Waals surface area contributed by atoms with E-state index in [9.17, 15) is 0 Å². The number of thiazole rings is 1. The Kier molecular flexibility index (Phi) is 3.93. The van der Waals surface area contributed by atoms with Crippen LogP contribution in [0.4, 0.5) is 0 Å². The summed E-state index contributed by atoms with van der Waals surface area (Å²) in [5.41, 5.74) is 3.01. The van der Waals surface area contributed by atoms with Crippen LogP contribution in [0.2, 0.25) is 0 Å². The van der Waals surface area contributed by atoms with Gasteiger partial charge in [-0.05, 0) is 18.4 Å². The molecule has 3 nitrogen and oxygen atoms in total. The minimum atomic E-state index is 0.845. The van der Waals surface area contributed by atoms with Gasteiger partial charge in [-0.1, -0.05) is 0 Å². The summed E-state index contributed by atoms with van der Waals surface area (Å²) >= 11 is 3.41. The van der Waals surface area contributed by atoms with E-state index in [0.717, 1.165) is 24.5 Å². The standard InChI is InChI=1S/C11H14N2OS2/c1-8-10(16-7-13-8)5-12-6-11-9(14-2)3-4-15-11/h3-4,7,12H,5-6H2,1-2H3. The third-order valence-corrected chi connectivity index (χ3v) is 4.18. The second-order valence-electron chi connectivity index (χ2n) is 3.38. The number of ether oxygens (including phenoxy) is 1. The molecule has 2 heterocycles. The van der Waals surface area contributed by atoms with Gasteiger partial charge in [0.25, 0.3) is 0 Å². The number of nitrogens with zero attached hydrogens (tertiary/aromatic N) is 1. The molecule has 0 aliphatic heterocycles. The van der Waals surface area contributed by atoms with Crippen LogP contribution < -0.4 is 10.1 Å². The summed E-state index contributed by atoms with van der Waals surface area (Å²) in [6.07, 6.45) is 0. The molecule has 86 valence electrons. The second-order valence-corrected chi connectivity index (χ2v) is 5.32. The molecule has 0 saturated heterocycles. The topological polar surface area (TPSA) is 34.1 Å². The van der Waals surface area contributed by atoms with E-state index in [1.54, 1.807) is 29.8 Å². The van der Waals surface area contributed by atoms with Crippen LogP contribution >= 0.6 is 22.7 Å². The largest absolute Gasteiger partial charge is 0.496 e. The normalized spacial score (nSPS) is 10.6. The molecule has 5 heteroatoms. The highest BCUT2D eigenvalue weighted by molar-refractivity contribution is 7.10. The molecular weight excluding hydrogens is 240 g/mol. The maximum absolute atomic E-state index is 5.26. The van der Waals surface area contributed by atoms with Gasteiger partial charge in [0.2, 0.25) is 0 Å². The molecule has 0 spiro atoms. The molecule has 0 bridgehead atoms. The number of hydrogen-bond donors (Lipinski definition) is 1. The van der Waals surface area contributed by atoms with Crippen LogP contribution in [0.25, 0.3) is 0 Å². The SMILES string of the molecule is COc1ccsc1CNCc1scnc1C. The molecular formula is C11H14N2OS2. The van der Waals surface area contributed by atoms with E-state index in [0.29, 0.717) is 0 Å². The first-order valence-corrected chi connectivity index (χ1v) is 6.77. The Balaban J connectivity index is 1.87. The first-order valence-electron chi connectivity index (χ1n) is 5.01. The zero-order valence-corrected chi connectivity index (χ0v) is 11.0. The number of aryl methyl sites for hydroxylation is 1. The summed E-state index contributed by atoms with van der Waals surface area (Å²) in [5, 5.41) is 5.46. The van der Waals surface area contributed by atoms with Crippen molar-refractivity contribution in [3.05, 3.63) is 32.4 Å². The van der Waals surface area contributed by atoms with E-state index in [-0.39, 0.29) is 0 Å². The van der Waals surface area contributed by atoms with Gasteiger partial charge in [0, 0.05) is 18.0 Å². The van der Waals surface area contributed by atoms with E-state index >= 15 is 0 Å². The van der Waals surface area contributed by atoms with Crippen molar-refractivity contribution in [2.45, 2.75) is 20.0 Å². The quantitative estimate of drug-likeness (QED) is 0.891. The summed E-state index contributed by atoms with van der Waals surface area (Å²) in [6.45, 7) is 3.76. The van der Waals surface area contributed by atoms with Crippen molar-refractivity contribution in [1.29, 1.82) is 0 Å². The van der Waals surface area contributed by atoms with Gasteiger partial charge in [-0.25, -0.2) is 4.98 Å². The highest BCUT2D eigenvalue weighted by Crippen LogP contribution is 2.24. The maximum atomic E-state index is 5.26. The third-order valence-electron chi connectivity index (χ3n) is 2.34. The van der Waals surface area contributed by atoms with Crippen molar-refractivity contribution in [1.82, 2.24) is 10.3 Å². The number of nitrogens with one attached hydrogen (secondary N) is 1. The van der Waals surface area contributed by atoms with Crippen molar-refractivity contribution in [3.63, 3.8) is 0 Å². The third kappa shape index (κ3) is 2.61. The molecule has 16 heavy (non-hydrogen) atoms. The number of aromatic nitrogens is 1. The Bertz CT molecular complexity index is 450. The van der Waals surface area contributed by atoms with Crippen LogP contribution in [0.5, 0.6) is 5.75 Å². The highest BCUT2D eigenvalue weighted by Gasteiger charge is 2.05. The predicted octanol–water partition coefficient (Wildman–Crippen LogP) is 2.81. The monoisotopic (exact) mass is 254 g/mol. The second kappa shape index (κ2) is 5.43. The Morgan fingerprint density at radius 2 is 2.12 bits per heavy atom. The molecule has 0 aliphatic rings. The maximum Gasteiger partial charge on any atom is 0.134 e. The van der Waals surface area contributed by atoms with Gasteiger partial charge in [-0.15, -0.1) is 22.7 Å². The molecule has 0 atom stereocenters. The summed E-state index contributed by atoms with van der Waals surface area (Å²) in [6, 6.07) is 2.00. The number of thiophene rings is 1. The average Bonchev–Trinajstić information content (AvgIpc) is 2.88. The Hall–Kier alpha value is -0.910. The van der Waals surface area contributed by atoms with E-state index in [2.05, 4.69) is 10.3 Å². The van der Waals surface area contributed by atoms with Crippen LogP contribution in [0, 0.1) is 6.92 Å². The lowest BCUT2D eigenvalue weighted by molar-refractivity contribution is 0.410. The van der Waals surface area contributed by atoms with E-state index in [4.69, 9.17) is 4.74 Å². The molecule has 2 aromatic rings. The molecule has 0 aromatic carbocycles. The lowest BCUT2D eigenvalue weighted by atomic mass is 10.3. The van der Waals surface area contributed by atoms with Crippen LogP contribution in [-0.2, 0) is 13.1 Å². The zero-order valence-electron chi connectivity index (χ0n) is 9.32. The van der Waals surface area contributed by atoms with Gasteiger partial charge in [0.05, 0.1) is 23.2 Å². The van der Waals surface area contributed by atoms with Crippen molar-refractivity contribution >= 4 is 22.7 Å². The lowest BCUT2D eigenvalue weighted by Crippen LogP contribution is -2.12. The van der Waals surface area contributed by atoms with Crippen LogP contribution in [0.1, 0.15) is 15.4 Å². The van der Waals surface area contributed by atoms with Gasteiger partial charge < -0.3 is 10.1 Å². The number of hydrogen-bond acceptors (Lipinski definition) is 5. The van der Waals surface area contributed by atoms with Gasteiger partial charge in [0.1, 0.15) is 5.75 Å². The molecule has 2 aromatic heterocycles. The summed E-state index contributed by atoms with van der Waals surface area (Å²) < 4.78 is 5.26. The van der Waals surface area contributed by atoms with Gasteiger partial charge in [-0.3, -0.25) is 0 Å². The number of rotatable bonds is 5. The fourth-order valence-electron chi connectivity index (χ4n) is 1.43. The van der Waals surface area contributed by atoms with Crippen molar-refractivity contribution in [2.75, 3.05) is 7.11 Å². The number of methoxy groups -OCH3 is 1. The minimum absolute atomic E-state index is 0.845. The Morgan fingerprint density at radius 1 is 1.31 bits per heavy atom. The molecule has 2 rings (SSSR count). The highest BCUT2D eigenvalue weighted by atomic mass is 32.1. The molecule has 0 saturated carbocycles. The molecule has 0 fully saturated rings. The average molecular weight is 254 g/mol. The molecule has 0 unspecified atom stereocenters. The van der Waals surface area contributed by atoms with E-state index in [1.807, 2.05) is 23.9 Å². The van der Waals surface area contributed by atoms with Crippen LogP contribution in [-0.4, -0.2) is 12.1 Å². The van der Waals surface area contributed by atoms with Crippen molar-refractivity contribution < 1.29 is 4.74 Å².